The molecule has 0 radical (unpaired) electrons. The Balaban J connectivity index is 2.01. The molecule has 0 bridgehead atoms. The Hall–Kier alpha value is -2.89. The van der Waals surface area contributed by atoms with E-state index in [2.05, 4.69) is 5.32 Å². The number of aryl methyl sites for hydroxylation is 1. The maximum atomic E-state index is 12.3. The molecule has 0 aromatic heterocycles. The van der Waals surface area contributed by atoms with Gasteiger partial charge in [0.25, 0.3) is 11.6 Å². The first-order chi connectivity index (χ1) is 11.4. The normalized spacial score (nSPS) is 11.6. The van der Waals surface area contributed by atoms with Crippen molar-refractivity contribution in [3.8, 4) is 5.75 Å². The number of carbonyl (C=O) groups excluding carboxylic acids is 1. The maximum Gasteiger partial charge on any atom is 0.273 e. The molecule has 2 aromatic rings. The van der Waals surface area contributed by atoms with Crippen molar-refractivity contribution in [1.82, 2.24) is 5.32 Å². The van der Waals surface area contributed by atoms with Gasteiger partial charge in [-0.25, -0.2) is 0 Å². The van der Waals surface area contributed by atoms with Gasteiger partial charge in [0.15, 0.2) is 0 Å². The zero-order chi connectivity index (χ0) is 17.7. The highest BCUT2D eigenvalue weighted by Crippen LogP contribution is 2.21. The second kappa shape index (κ2) is 7.59. The van der Waals surface area contributed by atoms with Crippen LogP contribution in [0.3, 0.4) is 0 Å². The fraction of sp³-hybridized carbons (Fsp3) is 0.278. The minimum Gasteiger partial charge on any atom is -0.491 e. The summed E-state index contributed by atoms with van der Waals surface area (Å²) in [5, 5.41) is 13.8. The number of para-hydroxylation sites is 1. The number of rotatable bonds is 6. The zero-order valence-electron chi connectivity index (χ0n) is 13.9. The molecule has 0 aliphatic rings. The molecule has 2 aromatic carbocycles. The second-order valence-electron chi connectivity index (χ2n) is 5.66. The van der Waals surface area contributed by atoms with E-state index in [1.807, 2.05) is 38.1 Å². The number of nitrogens with zero attached hydrogens (tertiary/aromatic N) is 1. The Kier molecular flexibility index (Phi) is 5.52. The van der Waals surface area contributed by atoms with Crippen molar-refractivity contribution < 1.29 is 14.5 Å². The molecule has 0 saturated carbocycles. The molecule has 0 aliphatic carbocycles. The summed E-state index contributed by atoms with van der Waals surface area (Å²) in [6.45, 7) is 5.65. The molecule has 0 heterocycles. The standard InChI is InChI=1S/C18H20N2O4/c1-12-7-4-5-10-17(12)24-11-13(2)19-18(21)15-8-6-9-16(14(15)3)20(22)23/h4-10,13H,11H2,1-3H3,(H,19,21)/t13-/m0/s1. The number of nitrogens with one attached hydrogen (secondary N) is 1. The van der Waals surface area contributed by atoms with Crippen molar-refractivity contribution >= 4 is 11.6 Å². The Morgan fingerprint density at radius 1 is 1.21 bits per heavy atom. The summed E-state index contributed by atoms with van der Waals surface area (Å²) >= 11 is 0. The summed E-state index contributed by atoms with van der Waals surface area (Å²) in [5.74, 6) is 0.419. The number of benzene rings is 2. The third-order valence-electron chi connectivity index (χ3n) is 3.71. The molecule has 6 nitrogen and oxygen atoms in total. The van der Waals surface area contributed by atoms with E-state index in [-0.39, 0.29) is 17.6 Å². The fourth-order valence-corrected chi connectivity index (χ4v) is 2.34. The molecule has 126 valence electrons. The predicted molar refractivity (Wildman–Crippen MR) is 91.4 cm³/mol. The average molecular weight is 328 g/mol. The highest BCUT2D eigenvalue weighted by molar-refractivity contribution is 5.96. The van der Waals surface area contributed by atoms with Crippen molar-refractivity contribution in [2.24, 2.45) is 0 Å². The first-order valence-corrected chi connectivity index (χ1v) is 7.63. The van der Waals surface area contributed by atoms with Gasteiger partial charge in [0, 0.05) is 17.2 Å². The number of nitro benzene ring substituents is 1. The quantitative estimate of drug-likeness (QED) is 0.651. The zero-order valence-corrected chi connectivity index (χ0v) is 13.9. The highest BCUT2D eigenvalue weighted by atomic mass is 16.6. The molecule has 0 fully saturated rings. The molecule has 1 atom stereocenters. The molecule has 24 heavy (non-hydrogen) atoms. The van der Waals surface area contributed by atoms with Crippen LogP contribution in [0, 0.1) is 24.0 Å². The van der Waals surface area contributed by atoms with Crippen molar-refractivity contribution in [3.05, 3.63) is 69.3 Å². The van der Waals surface area contributed by atoms with Gasteiger partial charge in [0.05, 0.1) is 11.0 Å². The largest absolute Gasteiger partial charge is 0.491 e. The Morgan fingerprint density at radius 2 is 1.92 bits per heavy atom. The number of hydrogen-bond donors (Lipinski definition) is 1. The lowest BCUT2D eigenvalue weighted by atomic mass is 10.1. The van der Waals surface area contributed by atoms with E-state index in [4.69, 9.17) is 4.74 Å². The summed E-state index contributed by atoms with van der Waals surface area (Å²) in [6, 6.07) is 11.9. The Morgan fingerprint density at radius 3 is 2.58 bits per heavy atom. The van der Waals surface area contributed by atoms with Crippen LogP contribution in [0.5, 0.6) is 5.75 Å². The van der Waals surface area contributed by atoms with Gasteiger partial charge in [-0.15, -0.1) is 0 Å². The minimum atomic E-state index is -0.489. The summed E-state index contributed by atoms with van der Waals surface area (Å²) in [4.78, 5) is 22.8. The maximum absolute atomic E-state index is 12.3. The van der Waals surface area contributed by atoms with E-state index in [1.54, 1.807) is 13.0 Å². The van der Waals surface area contributed by atoms with Crippen molar-refractivity contribution in [3.63, 3.8) is 0 Å². The highest BCUT2D eigenvalue weighted by Gasteiger charge is 2.19. The van der Waals surface area contributed by atoms with Gasteiger partial charge in [-0.2, -0.15) is 0 Å². The minimum absolute atomic E-state index is 0.0635. The van der Waals surface area contributed by atoms with Crippen LogP contribution in [0.25, 0.3) is 0 Å². The van der Waals surface area contributed by atoms with Crippen LogP contribution in [-0.2, 0) is 0 Å². The molecule has 1 amide bonds. The van der Waals surface area contributed by atoms with E-state index >= 15 is 0 Å². The number of hydrogen-bond acceptors (Lipinski definition) is 4. The van der Waals surface area contributed by atoms with Crippen LogP contribution in [-0.4, -0.2) is 23.5 Å². The van der Waals surface area contributed by atoms with Gasteiger partial charge in [0.2, 0.25) is 0 Å². The lowest BCUT2D eigenvalue weighted by molar-refractivity contribution is -0.385. The van der Waals surface area contributed by atoms with Gasteiger partial charge < -0.3 is 10.1 Å². The van der Waals surface area contributed by atoms with Crippen LogP contribution in [0.1, 0.15) is 28.4 Å². The topological polar surface area (TPSA) is 81.5 Å². The molecule has 0 unspecified atom stereocenters. The third kappa shape index (κ3) is 4.10. The van der Waals surface area contributed by atoms with Crippen LogP contribution in [0.4, 0.5) is 5.69 Å². The Bertz CT molecular complexity index is 758. The summed E-state index contributed by atoms with van der Waals surface area (Å²) in [7, 11) is 0. The van der Waals surface area contributed by atoms with Crippen molar-refractivity contribution in [1.29, 1.82) is 0 Å². The second-order valence-corrected chi connectivity index (χ2v) is 5.66. The van der Waals surface area contributed by atoms with Gasteiger partial charge >= 0.3 is 0 Å². The predicted octanol–water partition coefficient (Wildman–Crippen LogP) is 3.41. The SMILES string of the molecule is Cc1ccccc1OC[C@H](C)NC(=O)c1cccc([N+](=O)[O-])c1C. The molecule has 6 heteroatoms. The summed E-state index contributed by atoms with van der Waals surface area (Å²) < 4.78 is 5.70. The molecular formula is C18H20N2O4. The molecule has 2 rings (SSSR count). The van der Waals surface area contributed by atoms with Gasteiger partial charge in [-0.1, -0.05) is 24.3 Å². The lowest BCUT2D eigenvalue weighted by Crippen LogP contribution is -2.37. The molecule has 0 spiro atoms. The van der Waals surface area contributed by atoms with Crippen molar-refractivity contribution in [2.75, 3.05) is 6.61 Å². The van der Waals surface area contributed by atoms with Gasteiger partial charge in [-0.3, -0.25) is 14.9 Å². The Labute approximate surface area is 140 Å². The molecular weight excluding hydrogens is 308 g/mol. The smallest absolute Gasteiger partial charge is 0.273 e. The van der Waals surface area contributed by atoms with E-state index < -0.39 is 4.92 Å². The van der Waals surface area contributed by atoms with E-state index in [0.29, 0.717) is 17.7 Å². The fourth-order valence-electron chi connectivity index (χ4n) is 2.34. The molecule has 0 saturated heterocycles. The van der Waals surface area contributed by atoms with Crippen molar-refractivity contribution in [2.45, 2.75) is 26.8 Å². The number of carbonyl (C=O) groups is 1. The van der Waals surface area contributed by atoms with Crippen LogP contribution < -0.4 is 10.1 Å². The average Bonchev–Trinajstić information content (AvgIpc) is 2.54. The van der Waals surface area contributed by atoms with Crippen LogP contribution in [0.15, 0.2) is 42.5 Å². The van der Waals surface area contributed by atoms with Gasteiger partial charge in [-0.05, 0) is 38.5 Å². The molecule has 0 aliphatic heterocycles. The third-order valence-corrected chi connectivity index (χ3v) is 3.71. The van der Waals surface area contributed by atoms with Gasteiger partial charge in [0.1, 0.15) is 12.4 Å². The first kappa shape index (κ1) is 17.5. The number of ether oxygens (including phenoxy) is 1. The van der Waals surface area contributed by atoms with E-state index in [1.165, 1.54) is 12.1 Å². The number of nitro groups is 1. The first-order valence-electron chi connectivity index (χ1n) is 7.63. The van der Waals surface area contributed by atoms with Crippen LogP contribution in [0.2, 0.25) is 0 Å². The number of amides is 1. The van der Waals surface area contributed by atoms with E-state index in [0.717, 1.165) is 11.3 Å². The summed E-state index contributed by atoms with van der Waals surface area (Å²) in [6.07, 6.45) is 0. The monoisotopic (exact) mass is 328 g/mol. The van der Waals surface area contributed by atoms with E-state index in [9.17, 15) is 14.9 Å². The molecule has 1 N–H and O–H groups in total. The van der Waals surface area contributed by atoms with Crippen LogP contribution >= 0.6 is 0 Å². The summed E-state index contributed by atoms with van der Waals surface area (Å²) in [5.41, 5.74) is 1.61. The lowest BCUT2D eigenvalue weighted by Gasteiger charge is -2.16.